The van der Waals surface area contributed by atoms with E-state index in [2.05, 4.69) is 30.9 Å². The van der Waals surface area contributed by atoms with Crippen molar-refractivity contribution < 1.29 is 9.47 Å². The molecule has 2 aliphatic rings. The molecule has 30 heavy (non-hydrogen) atoms. The van der Waals surface area contributed by atoms with Crippen molar-refractivity contribution in [1.29, 1.82) is 0 Å². The van der Waals surface area contributed by atoms with E-state index in [0.717, 1.165) is 21.6 Å². The summed E-state index contributed by atoms with van der Waals surface area (Å²) < 4.78 is 14.7. The Labute approximate surface area is 186 Å². The highest BCUT2D eigenvalue weighted by Crippen LogP contribution is 2.40. The van der Waals surface area contributed by atoms with Crippen LogP contribution in [0.1, 0.15) is 31.1 Å². The number of aryl methyl sites for hydroxylation is 1. The number of aromatic nitrogens is 4. The molecule has 0 amide bonds. The number of ether oxygens (including phenoxy) is 2. The highest BCUT2D eigenvalue weighted by atomic mass is 79.9. The number of fused-ring (bicyclic) bond motifs is 1. The van der Waals surface area contributed by atoms with Crippen molar-refractivity contribution in [2.24, 2.45) is 11.7 Å². The summed E-state index contributed by atoms with van der Waals surface area (Å²) in [7, 11) is 0. The van der Waals surface area contributed by atoms with Crippen molar-refractivity contribution in [3.05, 3.63) is 52.0 Å². The van der Waals surface area contributed by atoms with E-state index in [1.807, 2.05) is 28.8 Å². The maximum Gasteiger partial charge on any atom is 0.268 e. The van der Waals surface area contributed by atoms with Gasteiger partial charge in [0.1, 0.15) is 12.6 Å². The van der Waals surface area contributed by atoms with Gasteiger partial charge in [-0.15, -0.1) is 0 Å². The first-order chi connectivity index (χ1) is 14.6. The maximum atomic E-state index is 6.32. The highest BCUT2D eigenvalue weighted by molar-refractivity contribution is 9.10. The van der Waals surface area contributed by atoms with Gasteiger partial charge in [-0.2, -0.15) is 0 Å². The zero-order valence-electron chi connectivity index (χ0n) is 16.1. The maximum absolute atomic E-state index is 6.32. The van der Waals surface area contributed by atoms with Crippen LogP contribution < -0.4 is 11.5 Å². The molecule has 0 bridgehead atoms. The Morgan fingerprint density at radius 3 is 2.90 bits per heavy atom. The fraction of sp³-hybridized carbons (Fsp3) is 0.350. The number of hydrogen-bond acceptors (Lipinski definition) is 8. The van der Waals surface area contributed by atoms with E-state index in [4.69, 9.17) is 20.9 Å². The third kappa shape index (κ3) is 3.86. The Morgan fingerprint density at radius 2 is 2.10 bits per heavy atom. The lowest BCUT2D eigenvalue weighted by Gasteiger charge is -2.14. The summed E-state index contributed by atoms with van der Waals surface area (Å²) in [6.07, 6.45) is 5.86. The molecule has 2 atom stereocenters. The van der Waals surface area contributed by atoms with E-state index in [1.165, 1.54) is 30.9 Å². The van der Waals surface area contributed by atoms with Gasteiger partial charge in [-0.25, -0.2) is 15.0 Å². The second-order valence-electron chi connectivity index (χ2n) is 7.41. The van der Waals surface area contributed by atoms with Gasteiger partial charge in [0.05, 0.1) is 0 Å². The van der Waals surface area contributed by atoms with Crippen LogP contribution in [0.3, 0.4) is 0 Å². The minimum absolute atomic E-state index is 0.185. The summed E-state index contributed by atoms with van der Waals surface area (Å²) in [5.41, 5.74) is 14.6. The van der Waals surface area contributed by atoms with Crippen LogP contribution in [0, 0.1) is 5.92 Å². The average Bonchev–Trinajstić information content (AvgIpc) is 3.40. The van der Waals surface area contributed by atoms with Crippen LogP contribution >= 0.6 is 27.7 Å². The van der Waals surface area contributed by atoms with Gasteiger partial charge in [-0.3, -0.25) is 0 Å². The van der Waals surface area contributed by atoms with E-state index in [0.29, 0.717) is 34.5 Å². The first-order valence-electron chi connectivity index (χ1n) is 9.77. The predicted octanol–water partition coefficient (Wildman–Crippen LogP) is 3.94. The molecule has 1 saturated carbocycles. The molecule has 0 radical (unpaired) electrons. The zero-order valence-corrected chi connectivity index (χ0v) is 18.5. The molecule has 156 valence electrons. The van der Waals surface area contributed by atoms with Gasteiger partial charge in [0.15, 0.2) is 22.1 Å². The first-order valence-corrected chi connectivity index (χ1v) is 11.4. The molecule has 10 heteroatoms. The Hall–Kier alpha value is -2.30. The SMILES string of the molecule is Nc1ncnc2c1nc(SC1=COC(c3ccccc3Br)O1)n2CCC(N)C1CC1. The Bertz CT molecular complexity index is 1120. The van der Waals surface area contributed by atoms with Crippen LogP contribution in [0.4, 0.5) is 5.82 Å². The number of thioether (sulfide) groups is 1. The molecule has 4 N–H and O–H groups in total. The fourth-order valence-electron chi connectivity index (χ4n) is 3.47. The van der Waals surface area contributed by atoms with E-state index in [9.17, 15) is 0 Å². The number of nitrogen functional groups attached to an aromatic ring is 1. The second kappa shape index (κ2) is 8.09. The van der Waals surface area contributed by atoms with Gasteiger partial charge in [0, 0.05) is 22.6 Å². The normalized spacial score (nSPS) is 19.4. The van der Waals surface area contributed by atoms with Crippen LogP contribution in [-0.2, 0) is 16.0 Å². The molecule has 1 aliphatic carbocycles. The van der Waals surface area contributed by atoms with Crippen molar-refractivity contribution >= 4 is 44.7 Å². The summed E-state index contributed by atoms with van der Waals surface area (Å²) in [5.74, 6) is 0.991. The summed E-state index contributed by atoms with van der Waals surface area (Å²) in [6, 6.07) is 8.00. The topological polar surface area (TPSA) is 114 Å². The number of imidazole rings is 1. The van der Waals surface area contributed by atoms with Crippen molar-refractivity contribution in [3.63, 3.8) is 0 Å². The number of halogens is 1. The number of anilines is 1. The third-order valence-electron chi connectivity index (χ3n) is 5.30. The fourth-order valence-corrected chi connectivity index (χ4v) is 4.79. The molecule has 0 spiro atoms. The highest BCUT2D eigenvalue weighted by Gasteiger charge is 2.29. The van der Waals surface area contributed by atoms with Crippen LogP contribution in [0.2, 0.25) is 0 Å². The third-order valence-corrected chi connectivity index (χ3v) is 6.91. The molecular formula is C20H21BrN6O2S. The summed E-state index contributed by atoms with van der Waals surface area (Å²) in [4.78, 5) is 13.2. The summed E-state index contributed by atoms with van der Waals surface area (Å²) in [6.45, 7) is 0.703. The monoisotopic (exact) mass is 488 g/mol. The lowest BCUT2D eigenvalue weighted by molar-refractivity contribution is -0.0278. The molecule has 2 unspecified atom stereocenters. The Morgan fingerprint density at radius 1 is 1.27 bits per heavy atom. The standard InChI is InChI=1S/C20H21BrN6O2S/c21-13-4-2-1-3-12(13)19-28-9-15(29-19)30-20-26-16-17(23)24-10-25-18(16)27(20)8-7-14(22)11-5-6-11/h1-4,9-11,14,19H,5-8,22H2,(H2,23,24,25). The van der Waals surface area contributed by atoms with Crippen molar-refractivity contribution in [2.75, 3.05) is 5.73 Å². The number of rotatable bonds is 7. The van der Waals surface area contributed by atoms with Crippen LogP contribution in [0.5, 0.6) is 0 Å². The van der Waals surface area contributed by atoms with Crippen LogP contribution in [0.15, 0.2) is 51.6 Å². The molecule has 8 nitrogen and oxygen atoms in total. The van der Waals surface area contributed by atoms with E-state index < -0.39 is 6.29 Å². The largest absolute Gasteiger partial charge is 0.454 e. The molecule has 1 aromatic carbocycles. The number of benzene rings is 1. The summed E-state index contributed by atoms with van der Waals surface area (Å²) in [5, 5.41) is 1.34. The first kappa shape index (κ1) is 19.7. The molecular weight excluding hydrogens is 468 g/mol. The molecule has 3 heterocycles. The number of nitrogens with two attached hydrogens (primary N) is 2. The van der Waals surface area contributed by atoms with E-state index >= 15 is 0 Å². The molecule has 5 rings (SSSR count). The average molecular weight is 489 g/mol. The lowest BCUT2D eigenvalue weighted by Crippen LogP contribution is -2.24. The molecule has 2 aromatic heterocycles. The van der Waals surface area contributed by atoms with Gasteiger partial charge in [-0.05, 0) is 43.0 Å². The number of nitrogens with zero attached hydrogens (tertiary/aromatic N) is 4. The molecule has 3 aromatic rings. The quantitative estimate of drug-likeness (QED) is 0.513. The molecule has 1 fully saturated rings. The van der Waals surface area contributed by atoms with Crippen molar-refractivity contribution in [1.82, 2.24) is 19.5 Å². The van der Waals surface area contributed by atoms with Gasteiger partial charge < -0.3 is 25.5 Å². The van der Waals surface area contributed by atoms with Crippen molar-refractivity contribution in [3.8, 4) is 0 Å². The van der Waals surface area contributed by atoms with Crippen LogP contribution in [-0.4, -0.2) is 25.6 Å². The minimum Gasteiger partial charge on any atom is -0.454 e. The van der Waals surface area contributed by atoms with E-state index in [-0.39, 0.29) is 6.04 Å². The van der Waals surface area contributed by atoms with Crippen LogP contribution in [0.25, 0.3) is 11.2 Å². The summed E-state index contributed by atoms with van der Waals surface area (Å²) >= 11 is 4.92. The van der Waals surface area contributed by atoms with Gasteiger partial charge >= 0.3 is 0 Å². The Balaban J connectivity index is 1.37. The Kier molecular flexibility index (Phi) is 5.30. The molecule has 0 saturated heterocycles. The minimum atomic E-state index is -0.506. The van der Waals surface area contributed by atoms with Gasteiger partial charge in [0.2, 0.25) is 5.09 Å². The zero-order chi connectivity index (χ0) is 20.7. The lowest BCUT2D eigenvalue weighted by atomic mass is 10.1. The van der Waals surface area contributed by atoms with Gasteiger partial charge in [-0.1, -0.05) is 34.1 Å². The molecule has 1 aliphatic heterocycles. The second-order valence-corrected chi connectivity index (χ2v) is 9.24. The smallest absolute Gasteiger partial charge is 0.268 e. The van der Waals surface area contributed by atoms with Crippen molar-refractivity contribution in [2.45, 2.75) is 43.3 Å². The number of hydrogen-bond donors (Lipinski definition) is 2. The van der Waals surface area contributed by atoms with Gasteiger partial charge in [0.25, 0.3) is 6.29 Å². The predicted molar refractivity (Wildman–Crippen MR) is 118 cm³/mol. The van der Waals surface area contributed by atoms with E-state index in [1.54, 1.807) is 6.26 Å².